The third kappa shape index (κ3) is 5.60. The minimum Gasteiger partial charge on any atom is -0.492 e. The molecule has 0 spiro atoms. The van der Waals surface area contributed by atoms with E-state index in [1.54, 1.807) is 36.5 Å². The molecule has 0 saturated carbocycles. The largest absolute Gasteiger partial charge is 0.492 e. The van der Waals surface area contributed by atoms with Crippen LogP contribution >= 0.6 is 11.6 Å². The fraction of sp³-hybridized carbons (Fsp3) is 0.154. The first-order valence-corrected chi connectivity index (χ1v) is 11.2. The zero-order valence-electron chi connectivity index (χ0n) is 19.1. The number of carbonyl (C=O) groups is 1. The number of nitrogens with zero attached hydrogens (tertiary/aromatic N) is 3. The average Bonchev–Trinajstić information content (AvgIpc) is 2.85. The lowest BCUT2D eigenvalue weighted by molar-refractivity contribution is -0.114. The minimum atomic E-state index is -0.239. The third-order valence-electron chi connectivity index (χ3n) is 5.00. The Morgan fingerprint density at radius 3 is 2.66 bits per heavy atom. The van der Waals surface area contributed by atoms with Crippen LogP contribution in [0.15, 0.2) is 60.9 Å². The number of amides is 1. The van der Waals surface area contributed by atoms with Crippen molar-refractivity contribution in [2.24, 2.45) is 0 Å². The van der Waals surface area contributed by atoms with Crippen LogP contribution in [0.2, 0.25) is 5.02 Å². The molecule has 4 rings (SSSR count). The van der Waals surface area contributed by atoms with E-state index in [2.05, 4.69) is 26.7 Å². The van der Waals surface area contributed by atoms with Crippen molar-refractivity contribution in [1.29, 1.82) is 5.26 Å². The predicted molar refractivity (Wildman–Crippen MR) is 135 cm³/mol. The second-order valence-corrected chi connectivity index (χ2v) is 7.93. The van der Waals surface area contributed by atoms with Gasteiger partial charge in [-0.05, 0) is 43.3 Å². The molecule has 0 unspecified atom stereocenters. The highest BCUT2D eigenvalue weighted by Gasteiger charge is 2.15. The minimum absolute atomic E-state index is 0.239. The zero-order valence-corrected chi connectivity index (χ0v) is 19.9. The first-order chi connectivity index (χ1) is 17.0. The van der Waals surface area contributed by atoms with Gasteiger partial charge in [0.25, 0.3) is 0 Å². The van der Waals surface area contributed by atoms with Crippen LogP contribution in [-0.2, 0) is 11.4 Å². The van der Waals surface area contributed by atoms with Gasteiger partial charge in [-0.3, -0.25) is 14.8 Å². The van der Waals surface area contributed by atoms with Crippen LogP contribution in [0.1, 0.15) is 25.1 Å². The Balaban J connectivity index is 1.67. The number of hydrogen-bond acceptors (Lipinski definition) is 7. The summed E-state index contributed by atoms with van der Waals surface area (Å²) in [4.78, 5) is 20.4. The molecule has 2 N–H and O–H groups in total. The van der Waals surface area contributed by atoms with Crippen molar-refractivity contribution >= 4 is 45.5 Å². The number of ether oxygens (including phenoxy) is 2. The summed E-state index contributed by atoms with van der Waals surface area (Å²) in [5.74, 6) is 0.769. The van der Waals surface area contributed by atoms with Crippen molar-refractivity contribution in [2.75, 3.05) is 17.2 Å². The lowest BCUT2D eigenvalue weighted by atomic mass is 10.1. The Morgan fingerprint density at radius 1 is 1.11 bits per heavy atom. The third-order valence-corrected chi connectivity index (χ3v) is 5.30. The normalized spacial score (nSPS) is 10.5. The molecule has 9 heteroatoms. The Hall–Kier alpha value is -4.35. The van der Waals surface area contributed by atoms with E-state index < -0.39 is 0 Å². The van der Waals surface area contributed by atoms with Gasteiger partial charge in [0, 0.05) is 36.5 Å². The van der Waals surface area contributed by atoms with E-state index in [9.17, 15) is 10.1 Å². The number of fused-ring (bicyclic) bond motifs is 1. The molecule has 0 atom stereocenters. The van der Waals surface area contributed by atoms with E-state index in [1.165, 1.54) is 13.1 Å². The molecule has 2 heterocycles. The summed E-state index contributed by atoms with van der Waals surface area (Å²) in [5, 5.41) is 16.8. The predicted octanol–water partition coefficient (Wildman–Crippen LogP) is 5.83. The molecular formula is C26H22ClN5O3. The molecule has 8 nitrogen and oxygen atoms in total. The number of aromatic nitrogens is 2. The van der Waals surface area contributed by atoms with Crippen LogP contribution in [0.5, 0.6) is 11.5 Å². The second kappa shape index (κ2) is 10.7. The summed E-state index contributed by atoms with van der Waals surface area (Å²) in [5.41, 5.74) is 3.40. The highest BCUT2D eigenvalue weighted by Crippen LogP contribution is 2.37. The number of nitriles is 1. The van der Waals surface area contributed by atoms with E-state index >= 15 is 0 Å². The van der Waals surface area contributed by atoms with Crippen molar-refractivity contribution in [3.8, 4) is 17.6 Å². The van der Waals surface area contributed by atoms with Gasteiger partial charge < -0.3 is 20.1 Å². The van der Waals surface area contributed by atoms with Crippen LogP contribution in [-0.4, -0.2) is 22.5 Å². The van der Waals surface area contributed by atoms with E-state index in [4.69, 9.17) is 21.1 Å². The Labute approximate surface area is 207 Å². The van der Waals surface area contributed by atoms with Gasteiger partial charge in [-0.2, -0.15) is 5.26 Å². The molecule has 0 aliphatic carbocycles. The number of anilines is 3. The van der Waals surface area contributed by atoms with Crippen LogP contribution in [0.25, 0.3) is 10.9 Å². The molecule has 0 aliphatic rings. The molecule has 0 fully saturated rings. The fourth-order valence-corrected chi connectivity index (χ4v) is 3.71. The molecule has 1 amide bonds. The van der Waals surface area contributed by atoms with Gasteiger partial charge in [0.15, 0.2) is 0 Å². The maximum Gasteiger partial charge on any atom is 0.221 e. The van der Waals surface area contributed by atoms with Crippen LogP contribution < -0.4 is 20.1 Å². The number of benzene rings is 2. The van der Waals surface area contributed by atoms with Gasteiger partial charge in [-0.15, -0.1) is 0 Å². The molecule has 2 aromatic heterocycles. The maximum absolute atomic E-state index is 11.7. The Kier molecular flexibility index (Phi) is 7.29. The molecule has 0 bridgehead atoms. The number of rotatable bonds is 8. The van der Waals surface area contributed by atoms with Gasteiger partial charge in [0.1, 0.15) is 24.2 Å². The van der Waals surface area contributed by atoms with Crippen molar-refractivity contribution in [2.45, 2.75) is 20.5 Å². The number of hydrogen-bond donors (Lipinski definition) is 2. The first kappa shape index (κ1) is 23.8. The zero-order chi connectivity index (χ0) is 24.8. The Bertz CT molecular complexity index is 1420. The van der Waals surface area contributed by atoms with Gasteiger partial charge in [-0.25, -0.2) is 0 Å². The summed E-state index contributed by atoms with van der Waals surface area (Å²) in [6, 6.07) is 16.5. The highest BCUT2D eigenvalue weighted by atomic mass is 35.5. The molecule has 0 saturated heterocycles. The van der Waals surface area contributed by atoms with Gasteiger partial charge in [0.05, 0.1) is 39.8 Å². The maximum atomic E-state index is 11.7. The second-order valence-electron chi connectivity index (χ2n) is 7.52. The van der Waals surface area contributed by atoms with Crippen molar-refractivity contribution in [3.05, 3.63) is 77.2 Å². The van der Waals surface area contributed by atoms with E-state index in [1.807, 2.05) is 25.1 Å². The lowest BCUT2D eigenvalue weighted by Gasteiger charge is -2.16. The highest BCUT2D eigenvalue weighted by molar-refractivity contribution is 6.32. The van der Waals surface area contributed by atoms with Crippen molar-refractivity contribution < 1.29 is 14.3 Å². The molecule has 0 radical (unpaired) electrons. The number of carbonyl (C=O) groups excluding carboxylic acids is 1. The molecular weight excluding hydrogens is 466 g/mol. The number of nitrogens with one attached hydrogen (secondary N) is 2. The summed E-state index contributed by atoms with van der Waals surface area (Å²) in [6.45, 7) is 3.98. The van der Waals surface area contributed by atoms with Gasteiger partial charge in [-0.1, -0.05) is 17.7 Å². The van der Waals surface area contributed by atoms with Crippen LogP contribution in [0.3, 0.4) is 0 Å². The Morgan fingerprint density at radius 2 is 1.97 bits per heavy atom. The first-order valence-electron chi connectivity index (χ1n) is 10.8. The fourth-order valence-electron chi connectivity index (χ4n) is 3.48. The van der Waals surface area contributed by atoms with Gasteiger partial charge in [0.2, 0.25) is 5.91 Å². The SMILES string of the molecule is CCOc1cc2ncc(C#N)c(Nc3ccc(OCc4ccccn4)c(Cl)c3)c2cc1NC(C)=O. The lowest BCUT2D eigenvalue weighted by Crippen LogP contribution is -2.08. The molecule has 0 aliphatic heterocycles. The van der Waals surface area contributed by atoms with E-state index in [0.29, 0.717) is 56.7 Å². The average molecular weight is 488 g/mol. The summed E-state index contributed by atoms with van der Waals surface area (Å²) in [7, 11) is 0. The number of halogens is 1. The molecule has 4 aromatic rings. The molecule has 176 valence electrons. The molecule has 2 aromatic carbocycles. The van der Waals surface area contributed by atoms with E-state index in [-0.39, 0.29) is 12.5 Å². The van der Waals surface area contributed by atoms with Crippen LogP contribution in [0.4, 0.5) is 17.1 Å². The number of pyridine rings is 2. The monoisotopic (exact) mass is 487 g/mol. The topological polar surface area (TPSA) is 109 Å². The standard InChI is InChI=1S/C26H22ClN5O3/c1-3-34-25-12-22-20(11-23(25)31-16(2)33)26(17(13-28)14-30-22)32-18-7-8-24(21(27)10-18)35-15-19-6-4-5-9-29-19/h4-12,14H,3,15H2,1-2H3,(H,30,32)(H,31,33). The quantitative estimate of drug-likeness (QED) is 0.321. The van der Waals surface area contributed by atoms with Gasteiger partial charge >= 0.3 is 0 Å². The smallest absolute Gasteiger partial charge is 0.221 e. The molecule has 35 heavy (non-hydrogen) atoms. The van der Waals surface area contributed by atoms with E-state index in [0.717, 1.165) is 5.69 Å². The van der Waals surface area contributed by atoms with Crippen molar-refractivity contribution in [3.63, 3.8) is 0 Å². The summed E-state index contributed by atoms with van der Waals surface area (Å²) < 4.78 is 11.5. The van der Waals surface area contributed by atoms with Crippen molar-refractivity contribution in [1.82, 2.24) is 9.97 Å². The summed E-state index contributed by atoms with van der Waals surface area (Å²) >= 11 is 6.47. The van der Waals surface area contributed by atoms with Crippen LogP contribution in [0, 0.1) is 11.3 Å². The summed E-state index contributed by atoms with van der Waals surface area (Å²) in [6.07, 6.45) is 3.19.